The Morgan fingerprint density at radius 1 is 0.806 bits per heavy atom. The molecule has 1 aliphatic rings. The average molecular weight is 459 g/mol. The minimum absolute atomic E-state index is 0.0958. The number of fused-ring (bicyclic) bond motifs is 1. The van der Waals surface area contributed by atoms with E-state index in [2.05, 4.69) is 56.8 Å². The Labute approximate surface area is 196 Å². The molecule has 0 unspecified atom stereocenters. The van der Waals surface area contributed by atoms with Gasteiger partial charge >= 0.3 is 0 Å². The quantitative estimate of drug-likeness (QED) is 0.201. The summed E-state index contributed by atoms with van der Waals surface area (Å²) in [6, 6.07) is 0. The fraction of sp³-hybridized carbons (Fsp3) is 0.704. The molecular weight excluding hydrogens is 416 g/mol. The predicted octanol–water partition coefficient (Wildman–Crippen LogP) is 8.05. The molecule has 0 N–H and O–H groups in total. The lowest BCUT2D eigenvalue weighted by molar-refractivity contribution is 0.0781. The summed E-state index contributed by atoms with van der Waals surface area (Å²) in [5, 5.41) is 0. The van der Waals surface area contributed by atoms with Gasteiger partial charge in [-0.15, -0.1) is 22.8 Å². The van der Waals surface area contributed by atoms with Gasteiger partial charge in [-0.25, -0.2) is 0 Å². The molecule has 1 aromatic heterocycles. The molecule has 2 nitrogen and oxygen atoms in total. The first-order chi connectivity index (χ1) is 14.8. The second kappa shape index (κ2) is 12.6. The van der Waals surface area contributed by atoms with Crippen molar-refractivity contribution in [1.82, 2.24) is 0 Å². The maximum absolute atomic E-state index is 6.53. The van der Waals surface area contributed by atoms with Gasteiger partial charge in [0.1, 0.15) is 17.8 Å². The maximum Gasteiger partial charge on any atom is 0.189 e. The Morgan fingerprint density at radius 3 is 1.77 bits per heavy atom. The minimum Gasteiger partial charge on any atom is -0.487 e. The summed E-state index contributed by atoms with van der Waals surface area (Å²) in [7, 11) is -1.47. The van der Waals surface area contributed by atoms with Gasteiger partial charge in [-0.3, -0.25) is 0 Å². The van der Waals surface area contributed by atoms with Gasteiger partial charge in [0.05, 0.1) is 13.2 Å². The van der Waals surface area contributed by atoms with Crippen molar-refractivity contribution in [1.29, 1.82) is 0 Å². The standard InChI is InChI=1S/C27H42O2SSi/c1-7-10-12-14-18-27(19-15-13-11-8-2)21-28-25-23(16-9-3)30-24(26(25)29-22-27)17-20-31(4,5)6/h7-8,10-15,18-19,21-22H2,1-6H3. The Morgan fingerprint density at radius 2 is 1.32 bits per heavy atom. The molecule has 172 valence electrons. The Kier molecular flexibility index (Phi) is 10.5. The van der Waals surface area contributed by atoms with Crippen LogP contribution in [0.4, 0.5) is 0 Å². The van der Waals surface area contributed by atoms with Crippen LogP contribution in [0.15, 0.2) is 0 Å². The predicted molar refractivity (Wildman–Crippen MR) is 138 cm³/mol. The van der Waals surface area contributed by atoms with Crippen LogP contribution >= 0.6 is 11.3 Å². The smallest absolute Gasteiger partial charge is 0.189 e. The molecule has 4 heteroatoms. The molecule has 0 bridgehead atoms. The molecule has 0 radical (unpaired) electrons. The molecule has 2 heterocycles. The van der Waals surface area contributed by atoms with E-state index in [0.29, 0.717) is 0 Å². The van der Waals surface area contributed by atoms with Crippen molar-refractivity contribution in [3.05, 3.63) is 9.75 Å². The molecule has 1 aromatic rings. The minimum atomic E-state index is -1.47. The van der Waals surface area contributed by atoms with Crippen LogP contribution < -0.4 is 9.47 Å². The highest BCUT2D eigenvalue weighted by atomic mass is 32.1. The fourth-order valence-electron chi connectivity index (χ4n) is 3.94. The molecule has 0 aliphatic carbocycles. The highest BCUT2D eigenvalue weighted by molar-refractivity contribution is 7.14. The molecule has 31 heavy (non-hydrogen) atoms. The zero-order valence-corrected chi connectivity index (χ0v) is 22.5. The summed E-state index contributed by atoms with van der Waals surface area (Å²) in [6.45, 7) is 14.7. The van der Waals surface area contributed by atoms with Gasteiger partial charge in [0, 0.05) is 5.41 Å². The van der Waals surface area contributed by atoms with Crippen LogP contribution in [0, 0.1) is 28.7 Å². The third-order valence-electron chi connectivity index (χ3n) is 5.78. The van der Waals surface area contributed by atoms with Gasteiger partial charge in [-0.05, 0) is 19.8 Å². The molecular formula is C27H42O2SSi. The first-order valence-corrected chi connectivity index (χ1v) is 16.5. The van der Waals surface area contributed by atoms with Gasteiger partial charge in [-0.1, -0.05) is 96.7 Å². The highest BCUT2D eigenvalue weighted by Gasteiger charge is 2.36. The largest absolute Gasteiger partial charge is 0.487 e. The lowest BCUT2D eigenvalue weighted by atomic mass is 9.79. The van der Waals surface area contributed by atoms with E-state index < -0.39 is 8.07 Å². The molecule has 0 spiro atoms. The van der Waals surface area contributed by atoms with E-state index in [1.54, 1.807) is 11.3 Å². The Hall–Kier alpha value is -1.36. The molecule has 0 saturated carbocycles. The first-order valence-electron chi connectivity index (χ1n) is 12.2. The van der Waals surface area contributed by atoms with Crippen molar-refractivity contribution >= 4 is 19.4 Å². The highest BCUT2D eigenvalue weighted by Crippen LogP contribution is 2.46. The second-order valence-corrected chi connectivity index (χ2v) is 15.8. The van der Waals surface area contributed by atoms with E-state index in [9.17, 15) is 0 Å². The van der Waals surface area contributed by atoms with Crippen LogP contribution in [0.1, 0.15) is 94.7 Å². The summed E-state index contributed by atoms with van der Waals surface area (Å²) in [5.41, 5.74) is 3.59. The first kappa shape index (κ1) is 25.9. The van der Waals surface area contributed by atoms with E-state index in [0.717, 1.165) is 34.5 Å². The van der Waals surface area contributed by atoms with Crippen LogP contribution in [0.2, 0.25) is 19.6 Å². The van der Waals surface area contributed by atoms with E-state index in [4.69, 9.17) is 9.47 Å². The lowest BCUT2D eigenvalue weighted by Gasteiger charge is -2.31. The average Bonchev–Trinajstić information content (AvgIpc) is 2.93. The van der Waals surface area contributed by atoms with E-state index in [1.807, 2.05) is 6.92 Å². The summed E-state index contributed by atoms with van der Waals surface area (Å²) in [6.07, 6.45) is 12.6. The van der Waals surface area contributed by atoms with Crippen LogP contribution in [-0.4, -0.2) is 21.3 Å². The van der Waals surface area contributed by atoms with Crippen molar-refractivity contribution < 1.29 is 9.47 Å². The number of ether oxygens (including phenoxy) is 2. The second-order valence-electron chi connectivity index (χ2n) is 9.99. The summed E-state index contributed by atoms with van der Waals surface area (Å²) < 4.78 is 13.0. The van der Waals surface area contributed by atoms with Gasteiger partial charge in [0.2, 0.25) is 0 Å². The molecule has 0 aromatic carbocycles. The monoisotopic (exact) mass is 458 g/mol. The van der Waals surface area contributed by atoms with Crippen molar-refractivity contribution in [3.63, 3.8) is 0 Å². The van der Waals surface area contributed by atoms with Crippen molar-refractivity contribution in [2.45, 2.75) is 105 Å². The molecule has 2 rings (SSSR count). The van der Waals surface area contributed by atoms with Crippen LogP contribution in [-0.2, 0) is 0 Å². The topological polar surface area (TPSA) is 18.5 Å². The van der Waals surface area contributed by atoms with Gasteiger partial charge in [0.25, 0.3) is 0 Å². The number of unbranched alkanes of at least 4 members (excludes halogenated alkanes) is 6. The van der Waals surface area contributed by atoms with Crippen LogP contribution in [0.25, 0.3) is 0 Å². The normalized spacial score (nSPS) is 14.8. The molecule has 0 atom stereocenters. The van der Waals surface area contributed by atoms with Gasteiger partial charge in [0.15, 0.2) is 11.5 Å². The third kappa shape index (κ3) is 8.25. The zero-order chi connectivity index (χ0) is 22.7. The Balaban J connectivity index is 2.27. The maximum atomic E-state index is 6.53. The summed E-state index contributed by atoms with van der Waals surface area (Å²) in [5.74, 6) is 11.4. The van der Waals surface area contributed by atoms with Gasteiger partial charge in [-0.2, -0.15) is 0 Å². The number of rotatable bonds is 10. The van der Waals surface area contributed by atoms with Crippen molar-refractivity contribution in [3.8, 4) is 34.8 Å². The third-order valence-corrected chi connectivity index (χ3v) is 7.64. The van der Waals surface area contributed by atoms with Crippen LogP contribution in [0.3, 0.4) is 0 Å². The van der Waals surface area contributed by atoms with E-state index in [1.165, 1.54) is 64.2 Å². The zero-order valence-electron chi connectivity index (χ0n) is 20.7. The molecule has 1 aliphatic heterocycles. The fourth-order valence-corrected chi connectivity index (χ4v) is 5.48. The van der Waals surface area contributed by atoms with Crippen LogP contribution in [0.5, 0.6) is 11.5 Å². The molecule has 0 saturated heterocycles. The number of thiophene rings is 1. The molecule has 0 fully saturated rings. The van der Waals surface area contributed by atoms with E-state index in [-0.39, 0.29) is 5.41 Å². The SMILES string of the molecule is CC#Cc1sc(C#C[Si](C)(C)C)c2c1OCC(CCCCCC)(CCCCCC)CO2. The van der Waals surface area contributed by atoms with Gasteiger partial charge < -0.3 is 9.47 Å². The number of hydrogen-bond donors (Lipinski definition) is 0. The Bertz CT molecular complexity index is 798. The number of hydrogen-bond acceptors (Lipinski definition) is 3. The molecule has 0 amide bonds. The lowest BCUT2D eigenvalue weighted by Crippen LogP contribution is -2.33. The van der Waals surface area contributed by atoms with Crippen molar-refractivity contribution in [2.75, 3.05) is 13.2 Å². The van der Waals surface area contributed by atoms with E-state index >= 15 is 0 Å². The van der Waals surface area contributed by atoms with Crippen molar-refractivity contribution in [2.24, 2.45) is 5.41 Å². The summed E-state index contributed by atoms with van der Waals surface area (Å²) >= 11 is 1.62. The summed E-state index contributed by atoms with van der Waals surface area (Å²) in [4.78, 5) is 1.95.